The first-order valence-corrected chi connectivity index (χ1v) is 5.77. The predicted molar refractivity (Wildman–Crippen MR) is 65.1 cm³/mol. The lowest BCUT2D eigenvalue weighted by atomic mass is 9.98. The predicted octanol–water partition coefficient (Wildman–Crippen LogP) is 2.33. The SMILES string of the molecule is CC(C)(NC(=O)c1ccc(F)cc1N)C1CC1. The zero-order chi connectivity index (χ0) is 12.6. The molecule has 1 saturated carbocycles. The first kappa shape index (κ1) is 11.9. The van der Waals surface area contributed by atoms with Gasteiger partial charge in [0.25, 0.3) is 5.91 Å². The quantitative estimate of drug-likeness (QED) is 0.791. The van der Waals surface area contributed by atoms with E-state index in [9.17, 15) is 9.18 Å². The first-order chi connectivity index (χ1) is 7.90. The summed E-state index contributed by atoms with van der Waals surface area (Å²) in [5.41, 5.74) is 5.92. The maximum Gasteiger partial charge on any atom is 0.253 e. The highest BCUT2D eigenvalue weighted by Gasteiger charge is 2.38. The largest absolute Gasteiger partial charge is 0.398 e. The molecule has 1 amide bonds. The molecule has 0 spiro atoms. The molecule has 0 heterocycles. The third kappa shape index (κ3) is 2.57. The third-order valence-corrected chi connectivity index (χ3v) is 3.29. The summed E-state index contributed by atoms with van der Waals surface area (Å²) < 4.78 is 12.9. The van der Waals surface area contributed by atoms with Crippen molar-refractivity contribution < 1.29 is 9.18 Å². The Morgan fingerprint density at radius 1 is 1.47 bits per heavy atom. The van der Waals surface area contributed by atoms with E-state index in [4.69, 9.17) is 5.73 Å². The van der Waals surface area contributed by atoms with Gasteiger partial charge in [-0.15, -0.1) is 0 Å². The standard InChI is InChI=1S/C13H17FN2O/c1-13(2,8-3-4-8)16-12(17)10-6-5-9(14)7-11(10)15/h5-8H,3-4,15H2,1-2H3,(H,16,17). The van der Waals surface area contributed by atoms with Crippen LogP contribution < -0.4 is 11.1 Å². The molecule has 1 aliphatic carbocycles. The van der Waals surface area contributed by atoms with Crippen LogP contribution in [0.1, 0.15) is 37.0 Å². The van der Waals surface area contributed by atoms with Crippen molar-refractivity contribution in [3.63, 3.8) is 0 Å². The van der Waals surface area contributed by atoms with Crippen LogP contribution in [0.25, 0.3) is 0 Å². The van der Waals surface area contributed by atoms with Gasteiger partial charge in [-0.25, -0.2) is 4.39 Å². The number of hydrogen-bond donors (Lipinski definition) is 2. The van der Waals surface area contributed by atoms with Crippen molar-refractivity contribution in [2.75, 3.05) is 5.73 Å². The molecule has 92 valence electrons. The van der Waals surface area contributed by atoms with E-state index in [-0.39, 0.29) is 17.1 Å². The van der Waals surface area contributed by atoms with Crippen LogP contribution in [0.3, 0.4) is 0 Å². The van der Waals surface area contributed by atoms with Gasteiger partial charge in [-0.05, 0) is 50.8 Å². The minimum Gasteiger partial charge on any atom is -0.398 e. The molecule has 0 bridgehead atoms. The smallest absolute Gasteiger partial charge is 0.253 e. The summed E-state index contributed by atoms with van der Waals surface area (Å²) >= 11 is 0. The van der Waals surface area contributed by atoms with Crippen molar-refractivity contribution in [3.05, 3.63) is 29.6 Å². The zero-order valence-electron chi connectivity index (χ0n) is 10.1. The number of carbonyl (C=O) groups excluding carboxylic acids is 1. The Balaban J connectivity index is 2.14. The number of hydrogen-bond acceptors (Lipinski definition) is 2. The van der Waals surface area contributed by atoms with Crippen LogP contribution in [0.4, 0.5) is 10.1 Å². The molecule has 0 unspecified atom stereocenters. The van der Waals surface area contributed by atoms with Crippen LogP contribution in [-0.4, -0.2) is 11.4 Å². The topological polar surface area (TPSA) is 55.1 Å². The molecule has 1 fully saturated rings. The summed E-state index contributed by atoms with van der Waals surface area (Å²) in [6.07, 6.45) is 2.29. The molecule has 1 aromatic rings. The Hall–Kier alpha value is -1.58. The van der Waals surface area contributed by atoms with E-state index < -0.39 is 5.82 Å². The summed E-state index contributed by atoms with van der Waals surface area (Å²) in [4.78, 5) is 12.0. The fraction of sp³-hybridized carbons (Fsp3) is 0.462. The molecular weight excluding hydrogens is 219 g/mol. The number of halogens is 1. The van der Waals surface area contributed by atoms with Gasteiger partial charge in [0.2, 0.25) is 0 Å². The van der Waals surface area contributed by atoms with Crippen molar-refractivity contribution in [1.29, 1.82) is 0 Å². The summed E-state index contributed by atoms with van der Waals surface area (Å²) in [6.45, 7) is 4.00. The van der Waals surface area contributed by atoms with Gasteiger partial charge in [0, 0.05) is 11.2 Å². The van der Waals surface area contributed by atoms with Gasteiger partial charge in [-0.2, -0.15) is 0 Å². The van der Waals surface area contributed by atoms with Crippen LogP contribution in [0, 0.1) is 11.7 Å². The molecular formula is C13H17FN2O. The van der Waals surface area contributed by atoms with Crippen LogP contribution in [-0.2, 0) is 0 Å². The lowest BCUT2D eigenvalue weighted by Gasteiger charge is -2.26. The summed E-state index contributed by atoms with van der Waals surface area (Å²) in [7, 11) is 0. The number of anilines is 1. The number of nitrogen functional groups attached to an aromatic ring is 1. The van der Waals surface area contributed by atoms with Crippen molar-refractivity contribution in [1.82, 2.24) is 5.32 Å². The van der Waals surface area contributed by atoms with Gasteiger partial charge in [-0.3, -0.25) is 4.79 Å². The van der Waals surface area contributed by atoms with Crippen LogP contribution in [0.5, 0.6) is 0 Å². The Labute approximate surface area is 100 Å². The highest BCUT2D eigenvalue weighted by Crippen LogP contribution is 2.39. The fourth-order valence-electron chi connectivity index (χ4n) is 2.01. The second kappa shape index (κ2) is 4.02. The van der Waals surface area contributed by atoms with Gasteiger partial charge in [0.15, 0.2) is 0 Å². The van der Waals surface area contributed by atoms with Gasteiger partial charge >= 0.3 is 0 Å². The van der Waals surface area contributed by atoms with Crippen molar-refractivity contribution in [2.45, 2.75) is 32.2 Å². The number of nitrogens with two attached hydrogens (primary N) is 1. The molecule has 0 saturated heterocycles. The number of benzene rings is 1. The summed E-state index contributed by atoms with van der Waals surface area (Å²) in [5.74, 6) is -0.131. The lowest BCUT2D eigenvalue weighted by molar-refractivity contribution is 0.0904. The molecule has 0 aromatic heterocycles. The van der Waals surface area contributed by atoms with Gasteiger partial charge < -0.3 is 11.1 Å². The first-order valence-electron chi connectivity index (χ1n) is 5.77. The average molecular weight is 236 g/mol. The molecule has 17 heavy (non-hydrogen) atoms. The molecule has 1 aliphatic rings. The van der Waals surface area contributed by atoms with E-state index in [2.05, 4.69) is 5.32 Å². The highest BCUT2D eigenvalue weighted by molar-refractivity contribution is 5.99. The Kier molecular flexibility index (Phi) is 2.81. The maximum absolute atomic E-state index is 12.9. The molecule has 3 nitrogen and oxygen atoms in total. The summed E-state index contributed by atoms with van der Waals surface area (Å²) in [6, 6.07) is 3.83. The molecule has 4 heteroatoms. The number of amides is 1. The van der Waals surface area contributed by atoms with Crippen molar-refractivity contribution in [3.8, 4) is 0 Å². The second-order valence-electron chi connectivity index (χ2n) is 5.18. The molecule has 3 N–H and O–H groups in total. The number of carbonyl (C=O) groups is 1. The normalized spacial score (nSPS) is 15.7. The highest BCUT2D eigenvalue weighted by atomic mass is 19.1. The molecule has 0 radical (unpaired) electrons. The number of rotatable bonds is 3. The van der Waals surface area contributed by atoms with Gasteiger partial charge in [0.05, 0.1) is 5.56 Å². The minimum absolute atomic E-state index is 0.175. The summed E-state index contributed by atoms with van der Waals surface area (Å²) in [5, 5.41) is 2.95. The monoisotopic (exact) mass is 236 g/mol. The second-order valence-corrected chi connectivity index (χ2v) is 5.18. The van der Waals surface area contributed by atoms with Gasteiger partial charge in [-0.1, -0.05) is 0 Å². The third-order valence-electron chi connectivity index (χ3n) is 3.29. The molecule has 0 aliphatic heterocycles. The zero-order valence-corrected chi connectivity index (χ0v) is 10.1. The Bertz CT molecular complexity index is 453. The average Bonchev–Trinajstić information content (AvgIpc) is 2.98. The van der Waals surface area contributed by atoms with Crippen LogP contribution in [0.15, 0.2) is 18.2 Å². The fourth-order valence-corrected chi connectivity index (χ4v) is 2.01. The minimum atomic E-state index is -0.430. The van der Waals surface area contributed by atoms with E-state index in [0.29, 0.717) is 11.5 Å². The number of nitrogens with one attached hydrogen (secondary N) is 1. The van der Waals surface area contributed by atoms with E-state index in [1.807, 2.05) is 13.8 Å². The van der Waals surface area contributed by atoms with E-state index >= 15 is 0 Å². The van der Waals surface area contributed by atoms with Crippen LogP contribution in [0.2, 0.25) is 0 Å². The maximum atomic E-state index is 12.9. The Morgan fingerprint density at radius 2 is 2.12 bits per heavy atom. The lowest BCUT2D eigenvalue weighted by Crippen LogP contribution is -2.45. The van der Waals surface area contributed by atoms with Crippen molar-refractivity contribution >= 4 is 11.6 Å². The van der Waals surface area contributed by atoms with E-state index in [0.717, 1.165) is 12.8 Å². The van der Waals surface area contributed by atoms with Crippen molar-refractivity contribution in [2.24, 2.45) is 5.92 Å². The van der Waals surface area contributed by atoms with E-state index in [1.165, 1.54) is 18.2 Å². The van der Waals surface area contributed by atoms with Crippen LogP contribution >= 0.6 is 0 Å². The Morgan fingerprint density at radius 3 is 2.65 bits per heavy atom. The van der Waals surface area contributed by atoms with Gasteiger partial charge in [0.1, 0.15) is 5.82 Å². The molecule has 2 rings (SSSR count). The molecule has 1 aromatic carbocycles. The van der Waals surface area contributed by atoms with E-state index in [1.54, 1.807) is 0 Å². The molecule has 0 atom stereocenters.